The number of carbonyl (C=O) groups is 3. The number of thioether (sulfide) groups is 1. The van der Waals surface area contributed by atoms with Crippen molar-refractivity contribution < 1.29 is 28.6 Å². The summed E-state index contributed by atoms with van der Waals surface area (Å²) >= 11 is 2.95. The fraction of sp³-hybridized carbons (Fsp3) is 0.179. The van der Waals surface area contributed by atoms with Crippen LogP contribution in [0.5, 0.6) is 17.2 Å². The van der Waals surface area contributed by atoms with E-state index in [0.29, 0.717) is 41.7 Å². The summed E-state index contributed by atoms with van der Waals surface area (Å²) in [6, 6.07) is 20.2. The predicted octanol–water partition coefficient (Wildman–Crippen LogP) is 5.95. The largest absolute Gasteiger partial charge is 0.497 e. The van der Waals surface area contributed by atoms with Gasteiger partial charge in [0.15, 0.2) is 11.5 Å². The van der Waals surface area contributed by atoms with Gasteiger partial charge in [0.25, 0.3) is 11.1 Å². The van der Waals surface area contributed by atoms with Gasteiger partial charge in [0, 0.05) is 5.69 Å². The molecule has 38 heavy (non-hydrogen) atoms. The normalized spacial score (nSPS) is 14.1. The number of hydrogen-bond acceptors (Lipinski definition) is 7. The van der Waals surface area contributed by atoms with Gasteiger partial charge in [-0.2, -0.15) is 0 Å². The second-order valence-corrected chi connectivity index (χ2v) is 10.2. The minimum absolute atomic E-state index is 0.225. The van der Waals surface area contributed by atoms with Crippen molar-refractivity contribution in [1.82, 2.24) is 4.90 Å². The van der Waals surface area contributed by atoms with Crippen LogP contribution in [0.1, 0.15) is 18.1 Å². The van der Waals surface area contributed by atoms with Gasteiger partial charge in [-0.15, -0.1) is 0 Å². The van der Waals surface area contributed by atoms with Crippen molar-refractivity contribution in [3.8, 4) is 17.2 Å². The Labute approximate surface area is 238 Å². The van der Waals surface area contributed by atoms with Crippen LogP contribution < -0.4 is 19.5 Å². The standard InChI is InChI=1S/C28H25IN2O6S/c1-3-36-23-14-19(13-22(29)26(23)37-17-18-7-5-4-6-8-18)15-24-27(33)31(28(34)38-24)16-25(32)30-20-9-11-21(35-2)12-10-20/h4-15H,3,16-17H2,1-2H3,(H,30,32)/b24-15+. The van der Waals surface area contributed by atoms with Crippen LogP contribution in [-0.4, -0.2) is 42.2 Å². The molecule has 196 valence electrons. The average Bonchev–Trinajstić information content (AvgIpc) is 3.16. The van der Waals surface area contributed by atoms with Gasteiger partial charge in [-0.05, 0) is 94.9 Å². The zero-order valence-corrected chi connectivity index (χ0v) is 23.7. The van der Waals surface area contributed by atoms with Crippen molar-refractivity contribution in [1.29, 1.82) is 0 Å². The third kappa shape index (κ3) is 6.87. The van der Waals surface area contributed by atoms with Crippen LogP contribution in [0.3, 0.4) is 0 Å². The van der Waals surface area contributed by atoms with Crippen molar-refractivity contribution in [2.24, 2.45) is 0 Å². The van der Waals surface area contributed by atoms with Gasteiger partial charge in [0.05, 0.1) is 22.2 Å². The first-order valence-electron chi connectivity index (χ1n) is 11.7. The van der Waals surface area contributed by atoms with Crippen LogP contribution in [0.15, 0.2) is 71.6 Å². The number of hydrogen-bond donors (Lipinski definition) is 1. The number of methoxy groups -OCH3 is 1. The van der Waals surface area contributed by atoms with E-state index in [4.69, 9.17) is 14.2 Å². The fourth-order valence-electron chi connectivity index (χ4n) is 3.61. The summed E-state index contributed by atoms with van der Waals surface area (Å²) < 4.78 is 17.8. The molecule has 1 aliphatic rings. The molecule has 0 aromatic heterocycles. The summed E-state index contributed by atoms with van der Waals surface area (Å²) in [5, 5.41) is 2.18. The molecule has 0 radical (unpaired) electrons. The van der Waals surface area contributed by atoms with E-state index in [1.54, 1.807) is 43.5 Å². The number of nitrogens with zero attached hydrogens (tertiary/aromatic N) is 1. The minimum atomic E-state index is -0.526. The highest BCUT2D eigenvalue weighted by molar-refractivity contribution is 14.1. The van der Waals surface area contributed by atoms with E-state index >= 15 is 0 Å². The van der Waals surface area contributed by atoms with E-state index < -0.39 is 17.1 Å². The van der Waals surface area contributed by atoms with Gasteiger partial charge in [-0.1, -0.05) is 30.3 Å². The molecule has 0 saturated carbocycles. The molecule has 1 fully saturated rings. The Balaban J connectivity index is 1.47. The molecule has 3 aromatic carbocycles. The van der Waals surface area contributed by atoms with Crippen molar-refractivity contribution >= 4 is 63.2 Å². The van der Waals surface area contributed by atoms with Crippen molar-refractivity contribution in [3.63, 3.8) is 0 Å². The van der Waals surface area contributed by atoms with E-state index in [-0.39, 0.29) is 11.4 Å². The molecular weight excluding hydrogens is 619 g/mol. The second kappa shape index (κ2) is 12.8. The summed E-state index contributed by atoms with van der Waals surface area (Å²) in [4.78, 5) is 39.2. The Morgan fingerprint density at radius 2 is 1.79 bits per heavy atom. The molecule has 0 aliphatic carbocycles. The number of anilines is 1. The Hall–Kier alpha value is -3.51. The van der Waals surface area contributed by atoms with Gasteiger partial charge >= 0.3 is 0 Å². The number of halogens is 1. The summed E-state index contributed by atoms with van der Waals surface area (Å²) in [6.07, 6.45) is 1.62. The Morgan fingerprint density at radius 3 is 2.47 bits per heavy atom. The van der Waals surface area contributed by atoms with Crippen LogP contribution in [0.2, 0.25) is 0 Å². The van der Waals surface area contributed by atoms with Crippen molar-refractivity contribution in [2.45, 2.75) is 13.5 Å². The number of carbonyl (C=O) groups excluding carboxylic acids is 3. The summed E-state index contributed by atoms with van der Waals surface area (Å²) in [7, 11) is 1.55. The van der Waals surface area contributed by atoms with E-state index in [1.165, 1.54) is 0 Å². The summed E-state index contributed by atoms with van der Waals surface area (Å²) in [5.74, 6) is 0.794. The lowest BCUT2D eigenvalue weighted by atomic mass is 10.1. The highest BCUT2D eigenvalue weighted by Gasteiger charge is 2.36. The molecule has 1 N–H and O–H groups in total. The number of amides is 3. The average molecular weight is 644 g/mol. The Morgan fingerprint density at radius 1 is 1.05 bits per heavy atom. The predicted molar refractivity (Wildman–Crippen MR) is 155 cm³/mol. The van der Waals surface area contributed by atoms with E-state index in [2.05, 4.69) is 27.9 Å². The van der Waals surface area contributed by atoms with Crippen LogP contribution in [0, 0.1) is 3.57 Å². The maximum Gasteiger partial charge on any atom is 0.294 e. The number of ether oxygens (including phenoxy) is 3. The van der Waals surface area contributed by atoms with Gasteiger partial charge in [-0.3, -0.25) is 19.3 Å². The molecule has 1 saturated heterocycles. The van der Waals surface area contributed by atoms with Gasteiger partial charge < -0.3 is 19.5 Å². The Kier molecular flexibility index (Phi) is 9.29. The quantitative estimate of drug-likeness (QED) is 0.215. The minimum Gasteiger partial charge on any atom is -0.497 e. The molecule has 0 bridgehead atoms. The van der Waals surface area contributed by atoms with Crippen LogP contribution in [0.4, 0.5) is 10.5 Å². The lowest BCUT2D eigenvalue weighted by molar-refractivity contribution is -0.127. The smallest absolute Gasteiger partial charge is 0.294 e. The first-order valence-corrected chi connectivity index (χ1v) is 13.6. The first-order chi connectivity index (χ1) is 18.4. The lowest BCUT2D eigenvalue weighted by Crippen LogP contribution is -2.36. The maximum absolute atomic E-state index is 13.0. The fourth-order valence-corrected chi connectivity index (χ4v) is 5.23. The molecule has 1 aliphatic heterocycles. The van der Waals surface area contributed by atoms with Crippen LogP contribution in [-0.2, 0) is 16.2 Å². The molecule has 4 rings (SSSR count). The molecule has 0 spiro atoms. The zero-order chi connectivity index (χ0) is 27.1. The van der Waals surface area contributed by atoms with Gasteiger partial charge in [0.1, 0.15) is 18.9 Å². The molecule has 1 heterocycles. The number of imide groups is 1. The molecule has 3 amide bonds. The summed E-state index contributed by atoms with van der Waals surface area (Å²) in [6.45, 7) is 2.31. The SMILES string of the molecule is CCOc1cc(/C=C2/SC(=O)N(CC(=O)Nc3ccc(OC)cc3)C2=O)cc(I)c1OCc1ccccc1. The molecule has 8 nitrogen and oxygen atoms in total. The summed E-state index contributed by atoms with van der Waals surface area (Å²) in [5.41, 5.74) is 2.24. The first kappa shape index (κ1) is 27.5. The highest BCUT2D eigenvalue weighted by atomic mass is 127. The van der Waals surface area contributed by atoms with E-state index in [1.807, 2.05) is 43.3 Å². The van der Waals surface area contributed by atoms with Crippen LogP contribution >= 0.6 is 34.4 Å². The monoisotopic (exact) mass is 644 g/mol. The second-order valence-electron chi connectivity index (χ2n) is 8.08. The van der Waals surface area contributed by atoms with Crippen LogP contribution in [0.25, 0.3) is 6.08 Å². The van der Waals surface area contributed by atoms with Gasteiger partial charge in [0.2, 0.25) is 5.91 Å². The third-order valence-electron chi connectivity index (χ3n) is 5.40. The number of benzene rings is 3. The maximum atomic E-state index is 13.0. The van der Waals surface area contributed by atoms with Crippen molar-refractivity contribution in [2.75, 3.05) is 25.6 Å². The molecule has 3 aromatic rings. The van der Waals surface area contributed by atoms with E-state index in [9.17, 15) is 14.4 Å². The zero-order valence-electron chi connectivity index (χ0n) is 20.7. The molecular formula is C28H25IN2O6S. The number of nitrogens with one attached hydrogen (secondary N) is 1. The lowest BCUT2D eigenvalue weighted by Gasteiger charge is -2.15. The topological polar surface area (TPSA) is 94.2 Å². The Bertz CT molecular complexity index is 1360. The number of rotatable bonds is 10. The molecule has 0 atom stereocenters. The highest BCUT2D eigenvalue weighted by Crippen LogP contribution is 2.38. The molecule has 10 heteroatoms. The van der Waals surface area contributed by atoms with Gasteiger partial charge in [-0.25, -0.2) is 0 Å². The molecule has 0 unspecified atom stereocenters. The third-order valence-corrected chi connectivity index (χ3v) is 7.11. The van der Waals surface area contributed by atoms with E-state index in [0.717, 1.165) is 25.8 Å². The van der Waals surface area contributed by atoms with Crippen molar-refractivity contribution in [3.05, 3.63) is 86.3 Å².